The minimum Gasteiger partial charge on any atom is -0.397 e. The maximum Gasteiger partial charge on any atom is 0.178 e. The van der Waals surface area contributed by atoms with Gasteiger partial charge in [0.25, 0.3) is 0 Å². The van der Waals surface area contributed by atoms with Crippen molar-refractivity contribution in [2.75, 3.05) is 17.7 Å². The summed E-state index contributed by atoms with van der Waals surface area (Å²) in [6, 6.07) is 9.68. The normalized spacial score (nSPS) is 14.2. The van der Waals surface area contributed by atoms with Crippen molar-refractivity contribution in [3.8, 4) is 0 Å². The SMILES string of the molecule is CN(Cc1ccc(Cl)cc1)c1cc(N)c(C(=O)C2CC2)s1. The summed E-state index contributed by atoms with van der Waals surface area (Å²) in [6.07, 6.45) is 2.01. The molecule has 0 bridgehead atoms. The fourth-order valence-corrected chi connectivity index (χ4v) is 3.43. The Kier molecular flexibility index (Phi) is 3.91. The standard InChI is InChI=1S/C16H17ClN2OS/c1-19(9-10-2-6-12(17)7-3-10)14-8-13(18)16(21-14)15(20)11-4-5-11/h2-3,6-8,11H,4-5,9,18H2,1H3. The number of rotatable bonds is 5. The van der Waals surface area contributed by atoms with Crippen LogP contribution >= 0.6 is 22.9 Å². The Morgan fingerprint density at radius 2 is 2.05 bits per heavy atom. The number of hydrogen-bond donors (Lipinski definition) is 1. The van der Waals surface area contributed by atoms with Crippen molar-refractivity contribution < 1.29 is 4.79 Å². The second-order valence-electron chi connectivity index (χ2n) is 5.49. The largest absolute Gasteiger partial charge is 0.397 e. The van der Waals surface area contributed by atoms with E-state index >= 15 is 0 Å². The summed E-state index contributed by atoms with van der Waals surface area (Å²) in [7, 11) is 2.01. The van der Waals surface area contributed by atoms with Gasteiger partial charge in [0.1, 0.15) is 0 Å². The third-order valence-corrected chi connectivity index (χ3v) is 5.16. The Labute approximate surface area is 133 Å². The van der Waals surface area contributed by atoms with Gasteiger partial charge in [0.05, 0.1) is 15.6 Å². The van der Waals surface area contributed by atoms with Gasteiger partial charge in [-0.25, -0.2) is 0 Å². The Morgan fingerprint density at radius 1 is 1.38 bits per heavy atom. The first kappa shape index (κ1) is 14.4. The maximum atomic E-state index is 12.2. The van der Waals surface area contributed by atoms with Crippen LogP contribution in [0.4, 0.5) is 10.7 Å². The molecule has 1 aromatic carbocycles. The van der Waals surface area contributed by atoms with Gasteiger partial charge in [0.2, 0.25) is 0 Å². The third kappa shape index (κ3) is 3.22. The zero-order valence-corrected chi connectivity index (χ0v) is 13.4. The minimum atomic E-state index is 0.209. The van der Waals surface area contributed by atoms with Crippen LogP contribution in [0.2, 0.25) is 5.02 Å². The Morgan fingerprint density at radius 3 is 2.67 bits per heavy atom. The summed E-state index contributed by atoms with van der Waals surface area (Å²) in [5.41, 5.74) is 7.78. The predicted octanol–water partition coefficient (Wildman–Crippen LogP) is 4.21. The van der Waals surface area contributed by atoms with Crippen molar-refractivity contribution in [2.24, 2.45) is 5.92 Å². The van der Waals surface area contributed by atoms with Gasteiger partial charge in [-0.1, -0.05) is 23.7 Å². The van der Waals surface area contributed by atoms with Crippen LogP contribution in [-0.2, 0) is 6.54 Å². The van der Waals surface area contributed by atoms with E-state index in [1.165, 1.54) is 16.9 Å². The summed E-state index contributed by atoms with van der Waals surface area (Å²) in [5, 5.41) is 1.76. The lowest BCUT2D eigenvalue weighted by atomic mass is 10.2. The molecule has 1 aromatic heterocycles. The molecule has 2 aromatic rings. The van der Waals surface area contributed by atoms with Crippen LogP contribution in [0.15, 0.2) is 30.3 Å². The van der Waals surface area contributed by atoms with Gasteiger partial charge in [-0.15, -0.1) is 11.3 Å². The first-order valence-electron chi connectivity index (χ1n) is 6.93. The lowest BCUT2D eigenvalue weighted by molar-refractivity contribution is 0.0972. The number of hydrogen-bond acceptors (Lipinski definition) is 4. The number of benzene rings is 1. The van der Waals surface area contributed by atoms with Gasteiger partial charge in [-0.3, -0.25) is 4.79 Å². The Bertz CT molecular complexity index is 661. The minimum absolute atomic E-state index is 0.209. The average molecular weight is 321 g/mol. The molecular weight excluding hydrogens is 304 g/mol. The summed E-state index contributed by atoms with van der Waals surface area (Å²) in [4.78, 5) is 15.0. The van der Waals surface area contributed by atoms with Crippen molar-refractivity contribution in [1.29, 1.82) is 0 Å². The molecule has 0 amide bonds. The number of carbonyl (C=O) groups is 1. The van der Waals surface area contributed by atoms with E-state index in [1.54, 1.807) is 0 Å². The van der Waals surface area contributed by atoms with Gasteiger partial charge in [0.15, 0.2) is 5.78 Å². The molecule has 1 aliphatic rings. The summed E-state index contributed by atoms with van der Waals surface area (Å²) >= 11 is 7.39. The van der Waals surface area contributed by atoms with E-state index in [1.807, 2.05) is 37.4 Å². The van der Waals surface area contributed by atoms with Crippen LogP contribution in [0.1, 0.15) is 28.1 Å². The topological polar surface area (TPSA) is 46.3 Å². The molecule has 3 rings (SSSR count). The van der Waals surface area contributed by atoms with Crippen LogP contribution in [0, 0.1) is 5.92 Å². The highest BCUT2D eigenvalue weighted by atomic mass is 35.5. The van der Waals surface area contributed by atoms with E-state index in [0.717, 1.165) is 34.3 Å². The quantitative estimate of drug-likeness (QED) is 0.839. The van der Waals surface area contributed by atoms with E-state index in [-0.39, 0.29) is 11.7 Å². The molecule has 2 N–H and O–H groups in total. The maximum absolute atomic E-state index is 12.2. The molecule has 21 heavy (non-hydrogen) atoms. The summed E-state index contributed by atoms with van der Waals surface area (Å²) in [5.74, 6) is 0.420. The van der Waals surface area contributed by atoms with Crippen molar-refractivity contribution >= 4 is 39.4 Å². The van der Waals surface area contributed by atoms with E-state index in [0.29, 0.717) is 5.69 Å². The number of anilines is 2. The van der Waals surface area contributed by atoms with E-state index in [4.69, 9.17) is 17.3 Å². The highest BCUT2D eigenvalue weighted by molar-refractivity contribution is 7.18. The molecule has 1 heterocycles. The number of ketones is 1. The number of halogens is 1. The Balaban J connectivity index is 1.75. The summed E-state index contributed by atoms with van der Waals surface area (Å²) < 4.78 is 0. The lowest BCUT2D eigenvalue weighted by Crippen LogP contribution is -2.14. The van der Waals surface area contributed by atoms with Crippen molar-refractivity contribution in [3.63, 3.8) is 0 Å². The molecule has 0 unspecified atom stereocenters. The first-order valence-corrected chi connectivity index (χ1v) is 8.13. The second kappa shape index (κ2) is 5.70. The molecule has 1 fully saturated rings. The molecule has 1 saturated carbocycles. The van der Waals surface area contributed by atoms with Crippen molar-refractivity contribution in [1.82, 2.24) is 0 Å². The molecule has 0 aliphatic heterocycles. The van der Waals surface area contributed by atoms with Crippen LogP contribution in [0.3, 0.4) is 0 Å². The zero-order chi connectivity index (χ0) is 15.0. The zero-order valence-electron chi connectivity index (χ0n) is 11.8. The van der Waals surface area contributed by atoms with Crippen LogP contribution < -0.4 is 10.6 Å². The van der Waals surface area contributed by atoms with Gasteiger partial charge in [-0.2, -0.15) is 0 Å². The predicted molar refractivity (Wildman–Crippen MR) is 89.3 cm³/mol. The van der Waals surface area contributed by atoms with Crippen molar-refractivity contribution in [3.05, 3.63) is 45.8 Å². The Hall–Kier alpha value is -1.52. The number of nitrogens with zero attached hydrogens (tertiary/aromatic N) is 1. The molecule has 0 saturated heterocycles. The van der Waals surface area contributed by atoms with Gasteiger partial charge in [0, 0.05) is 24.5 Å². The average Bonchev–Trinajstić information content (AvgIpc) is 3.23. The number of nitrogen functional groups attached to an aromatic ring is 1. The highest BCUT2D eigenvalue weighted by Gasteiger charge is 2.32. The molecule has 110 valence electrons. The summed E-state index contributed by atoms with van der Waals surface area (Å²) in [6.45, 7) is 0.758. The molecule has 1 aliphatic carbocycles. The number of nitrogens with two attached hydrogens (primary N) is 1. The van der Waals surface area contributed by atoms with E-state index in [9.17, 15) is 4.79 Å². The monoisotopic (exact) mass is 320 g/mol. The van der Waals surface area contributed by atoms with Gasteiger partial charge < -0.3 is 10.6 Å². The lowest BCUT2D eigenvalue weighted by Gasteiger charge is -2.16. The highest BCUT2D eigenvalue weighted by Crippen LogP contribution is 2.39. The van der Waals surface area contributed by atoms with Crippen LogP contribution in [0.25, 0.3) is 0 Å². The second-order valence-corrected chi connectivity index (χ2v) is 6.96. The fraction of sp³-hybridized carbons (Fsp3) is 0.312. The first-order chi connectivity index (χ1) is 10.0. The number of thiophene rings is 1. The smallest absolute Gasteiger partial charge is 0.178 e. The van der Waals surface area contributed by atoms with Crippen LogP contribution in [0.5, 0.6) is 0 Å². The third-order valence-electron chi connectivity index (χ3n) is 3.63. The van der Waals surface area contributed by atoms with Crippen LogP contribution in [-0.4, -0.2) is 12.8 Å². The molecule has 0 spiro atoms. The van der Waals surface area contributed by atoms with E-state index < -0.39 is 0 Å². The van der Waals surface area contributed by atoms with Crippen molar-refractivity contribution in [2.45, 2.75) is 19.4 Å². The number of Topliss-reactive ketones (excluding diaryl/α,β-unsaturated/α-hetero) is 1. The molecule has 5 heteroatoms. The molecule has 3 nitrogen and oxygen atoms in total. The number of carbonyl (C=O) groups excluding carboxylic acids is 1. The van der Waals surface area contributed by atoms with Gasteiger partial charge in [-0.05, 0) is 36.6 Å². The molecule has 0 radical (unpaired) electrons. The van der Waals surface area contributed by atoms with Gasteiger partial charge >= 0.3 is 0 Å². The molecular formula is C16H17ClN2OS. The fourth-order valence-electron chi connectivity index (χ4n) is 2.24. The van der Waals surface area contributed by atoms with E-state index in [2.05, 4.69) is 4.90 Å². The molecule has 0 atom stereocenters.